The molecule has 0 unspecified atom stereocenters. The summed E-state index contributed by atoms with van der Waals surface area (Å²) in [6.07, 6.45) is 8.64. The van der Waals surface area contributed by atoms with E-state index in [-0.39, 0.29) is 0 Å². The molecule has 0 aromatic heterocycles. The SMILES string of the molecule is C#Cc1ccccc1C#CCC/C=N/OCc1ccccc1. The van der Waals surface area contributed by atoms with E-state index >= 15 is 0 Å². The first kappa shape index (κ1) is 15.4. The van der Waals surface area contributed by atoms with Crippen LogP contribution in [0.5, 0.6) is 0 Å². The monoisotopic (exact) mass is 287 g/mol. The molecule has 0 radical (unpaired) electrons. The van der Waals surface area contributed by atoms with Crippen LogP contribution in [0.25, 0.3) is 0 Å². The van der Waals surface area contributed by atoms with Crippen LogP contribution < -0.4 is 0 Å². The van der Waals surface area contributed by atoms with E-state index < -0.39 is 0 Å². The molecule has 0 N–H and O–H groups in total. The molecular weight excluding hydrogens is 270 g/mol. The van der Waals surface area contributed by atoms with Gasteiger partial charge < -0.3 is 4.84 Å². The van der Waals surface area contributed by atoms with E-state index in [1.54, 1.807) is 6.21 Å². The van der Waals surface area contributed by atoms with Gasteiger partial charge in [0.2, 0.25) is 0 Å². The van der Waals surface area contributed by atoms with Crippen molar-refractivity contribution < 1.29 is 4.84 Å². The second-order valence-electron chi connectivity index (χ2n) is 4.58. The third-order valence-electron chi connectivity index (χ3n) is 2.93. The van der Waals surface area contributed by atoms with Crippen molar-refractivity contribution in [3.8, 4) is 24.2 Å². The van der Waals surface area contributed by atoms with Gasteiger partial charge in [0.15, 0.2) is 0 Å². The molecule has 0 fully saturated rings. The Morgan fingerprint density at radius 3 is 2.50 bits per heavy atom. The van der Waals surface area contributed by atoms with Gasteiger partial charge in [-0.15, -0.1) is 6.42 Å². The third kappa shape index (κ3) is 5.19. The Balaban J connectivity index is 1.70. The number of hydrogen-bond donors (Lipinski definition) is 0. The Morgan fingerprint density at radius 1 is 1.00 bits per heavy atom. The highest BCUT2D eigenvalue weighted by molar-refractivity contribution is 5.57. The molecule has 2 aromatic rings. The van der Waals surface area contributed by atoms with Crippen molar-refractivity contribution in [1.29, 1.82) is 0 Å². The Morgan fingerprint density at radius 2 is 1.73 bits per heavy atom. The average molecular weight is 287 g/mol. The minimum atomic E-state index is 0.485. The van der Waals surface area contributed by atoms with Crippen molar-refractivity contribution >= 4 is 6.21 Å². The van der Waals surface area contributed by atoms with Gasteiger partial charge in [-0.1, -0.05) is 65.4 Å². The number of hydrogen-bond acceptors (Lipinski definition) is 2. The van der Waals surface area contributed by atoms with Crippen molar-refractivity contribution in [1.82, 2.24) is 0 Å². The van der Waals surface area contributed by atoms with Crippen molar-refractivity contribution in [2.45, 2.75) is 19.4 Å². The van der Waals surface area contributed by atoms with E-state index in [4.69, 9.17) is 11.3 Å². The molecule has 0 heterocycles. The van der Waals surface area contributed by atoms with Gasteiger partial charge in [0.25, 0.3) is 0 Å². The lowest BCUT2D eigenvalue weighted by atomic mass is 10.1. The summed E-state index contributed by atoms with van der Waals surface area (Å²) in [5.74, 6) is 8.81. The highest BCUT2D eigenvalue weighted by Crippen LogP contribution is 2.05. The number of unbranched alkanes of at least 4 members (excludes halogenated alkanes) is 1. The zero-order valence-electron chi connectivity index (χ0n) is 12.3. The van der Waals surface area contributed by atoms with Gasteiger partial charge in [-0.2, -0.15) is 0 Å². The van der Waals surface area contributed by atoms with Crippen LogP contribution in [0.4, 0.5) is 0 Å². The maximum atomic E-state index is 5.43. The lowest BCUT2D eigenvalue weighted by molar-refractivity contribution is 0.131. The fourth-order valence-electron chi connectivity index (χ4n) is 1.80. The topological polar surface area (TPSA) is 21.6 Å². The second kappa shape index (κ2) is 9.06. The second-order valence-corrected chi connectivity index (χ2v) is 4.58. The smallest absolute Gasteiger partial charge is 0.142 e. The molecule has 0 aliphatic carbocycles. The summed E-state index contributed by atoms with van der Waals surface area (Å²) in [5, 5.41) is 3.92. The molecule has 0 saturated heterocycles. The van der Waals surface area contributed by atoms with Crippen LogP contribution >= 0.6 is 0 Å². The molecule has 108 valence electrons. The average Bonchev–Trinajstić information content (AvgIpc) is 2.58. The van der Waals surface area contributed by atoms with E-state index in [0.717, 1.165) is 29.5 Å². The molecular formula is C20H17NO. The summed E-state index contributed by atoms with van der Waals surface area (Å²) in [6.45, 7) is 0.485. The van der Waals surface area contributed by atoms with E-state index in [2.05, 4.69) is 22.9 Å². The van der Waals surface area contributed by atoms with E-state index in [0.29, 0.717) is 6.61 Å². The maximum Gasteiger partial charge on any atom is 0.142 e. The Kier molecular flexibility index (Phi) is 6.35. The first-order chi connectivity index (χ1) is 10.9. The van der Waals surface area contributed by atoms with Crippen LogP contribution in [0.2, 0.25) is 0 Å². The van der Waals surface area contributed by atoms with Gasteiger partial charge in [0.05, 0.1) is 0 Å². The predicted molar refractivity (Wildman–Crippen MR) is 90.2 cm³/mol. The Labute approximate surface area is 131 Å². The fourth-order valence-corrected chi connectivity index (χ4v) is 1.80. The van der Waals surface area contributed by atoms with Gasteiger partial charge in [-0.05, 0) is 24.1 Å². The summed E-state index contributed by atoms with van der Waals surface area (Å²) in [7, 11) is 0. The van der Waals surface area contributed by atoms with Crippen LogP contribution in [0.15, 0.2) is 59.8 Å². The number of rotatable bonds is 5. The molecule has 0 aliphatic rings. The first-order valence-corrected chi connectivity index (χ1v) is 7.12. The summed E-state index contributed by atoms with van der Waals surface area (Å²) in [5.41, 5.74) is 2.82. The normalized spacial score (nSPS) is 9.77. The number of oxime groups is 1. The molecule has 2 aromatic carbocycles. The third-order valence-corrected chi connectivity index (χ3v) is 2.93. The zero-order chi connectivity index (χ0) is 15.5. The maximum absolute atomic E-state index is 5.43. The van der Waals surface area contributed by atoms with Crippen molar-refractivity contribution in [2.75, 3.05) is 0 Å². The first-order valence-electron chi connectivity index (χ1n) is 7.12. The molecule has 0 amide bonds. The summed E-state index contributed by atoms with van der Waals surface area (Å²) < 4.78 is 0. The lowest BCUT2D eigenvalue weighted by Crippen LogP contribution is -1.86. The summed E-state index contributed by atoms with van der Waals surface area (Å²) >= 11 is 0. The highest BCUT2D eigenvalue weighted by Gasteiger charge is 1.92. The Hall–Kier alpha value is -2.97. The van der Waals surface area contributed by atoms with Gasteiger partial charge in [-0.3, -0.25) is 0 Å². The van der Waals surface area contributed by atoms with Gasteiger partial charge in [-0.25, -0.2) is 0 Å². The molecule has 2 heteroatoms. The van der Waals surface area contributed by atoms with Gasteiger partial charge >= 0.3 is 0 Å². The summed E-state index contributed by atoms with van der Waals surface area (Å²) in [6, 6.07) is 17.6. The largest absolute Gasteiger partial charge is 0.391 e. The molecule has 22 heavy (non-hydrogen) atoms. The minimum absolute atomic E-state index is 0.485. The van der Waals surface area contributed by atoms with E-state index in [1.165, 1.54) is 0 Å². The summed E-state index contributed by atoms with van der Waals surface area (Å²) in [4.78, 5) is 5.22. The fraction of sp³-hybridized carbons (Fsp3) is 0.150. The van der Waals surface area contributed by atoms with Gasteiger partial charge in [0.1, 0.15) is 6.61 Å². The Bertz CT molecular complexity index is 715. The van der Waals surface area contributed by atoms with Crippen molar-refractivity contribution in [2.24, 2.45) is 5.16 Å². The van der Waals surface area contributed by atoms with Crippen LogP contribution in [-0.4, -0.2) is 6.21 Å². The zero-order valence-corrected chi connectivity index (χ0v) is 12.3. The van der Waals surface area contributed by atoms with E-state index in [9.17, 15) is 0 Å². The van der Waals surface area contributed by atoms with Crippen LogP contribution in [-0.2, 0) is 11.4 Å². The van der Waals surface area contributed by atoms with E-state index in [1.807, 2.05) is 54.6 Å². The van der Waals surface area contributed by atoms with Crippen LogP contribution in [0, 0.1) is 24.2 Å². The van der Waals surface area contributed by atoms with Crippen molar-refractivity contribution in [3.05, 3.63) is 71.3 Å². The molecule has 0 atom stereocenters. The molecule has 0 bridgehead atoms. The highest BCUT2D eigenvalue weighted by atomic mass is 16.6. The minimum Gasteiger partial charge on any atom is -0.391 e. The molecule has 0 spiro atoms. The molecule has 0 saturated carbocycles. The standard InChI is InChI=1S/C20H17NO/c1-2-19-13-8-9-15-20(19)14-7-4-10-16-21-22-17-18-11-5-3-6-12-18/h1,3,5-6,8-9,11-13,15-16H,4,10,17H2/b21-16+. The molecule has 0 aliphatic heterocycles. The lowest BCUT2D eigenvalue weighted by Gasteiger charge is -1.98. The number of nitrogens with zero attached hydrogens (tertiary/aromatic N) is 1. The predicted octanol–water partition coefficient (Wildman–Crippen LogP) is 4.00. The number of terminal acetylenes is 1. The van der Waals surface area contributed by atoms with Crippen LogP contribution in [0.3, 0.4) is 0 Å². The van der Waals surface area contributed by atoms with Crippen LogP contribution in [0.1, 0.15) is 29.5 Å². The number of benzene rings is 2. The molecule has 2 rings (SSSR count). The van der Waals surface area contributed by atoms with Gasteiger partial charge in [0, 0.05) is 23.8 Å². The quantitative estimate of drug-likeness (QED) is 0.352. The van der Waals surface area contributed by atoms with Crippen molar-refractivity contribution in [3.63, 3.8) is 0 Å². The molecule has 2 nitrogen and oxygen atoms in total.